The van der Waals surface area contributed by atoms with E-state index in [-0.39, 0.29) is 36.0 Å². The summed E-state index contributed by atoms with van der Waals surface area (Å²) in [5.74, 6) is 0.873. The zero-order valence-corrected chi connectivity index (χ0v) is 21.4. The molecule has 1 aromatic rings. The van der Waals surface area contributed by atoms with Crippen molar-refractivity contribution >= 4 is 29.9 Å². The average molecular weight is 545 g/mol. The molecule has 0 atom stereocenters. The molecule has 1 heterocycles. The number of aliphatic imine (C=N–C) groups is 1. The van der Waals surface area contributed by atoms with Gasteiger partial charge in [-0.3, -0.25) is 4.90 Å². The van der Waals surface area contributed by atoms with Crippen LogP contribution in [0.25, 0.3) is 0 Å². The molecule has 1 saturated heterocycles. The van der Waals surface area contributed by atoms with Gasteiger partial charge in [-0.2, -0.15) is 0 Å². The second kappa shape index (κ2) is 14.3. The first-order valence-corrected chi connectivity index (χ1v) is 11.7. The molecule has 2 fully saturated rings. The number of rotatable bonds is 9. The summed E-state index contributed by atoms with van der Waals surface area (Å²) in [4.78, 5) is 7.25. The first-order chi connectivity index (χ1) is 14.7. The molecule has 0 amide bonds. The lowest BCUT2D eigenvalue weighted by Gasteiger charge is -2.37. The van der Waals surface area contributed by atoms with Crippen molar-refractivity contribution in [3.8, 4) is 0 Å². The Bertz CT molecular complexity index is 636. The van der Waals surface area contributed by atoms with Crippen LogP contribution in [-0.2, 0) is 17.8 Å². The number of guanidine groups is 1. The highest BCUT2D eigenvalue weighted by Crippen LogP contribution is 2.38. The number of benzene rings is 1. The van der Waals surface area contributed by atoms with Gasteiger partial charge in [0.25, 0.3) is 0 Å². The van der Waals surface area contributed by atoms with E-state index in [2.05, 4.69) is 46.7 Å². The normalized spacial score (nSPS) is 19.5. The Labute approximate surface area is 205 Å². The largest absolute Gasteiger partial charge is 0.396 e. The molecular formula is C24H41IN4O2. The molecule has 176 valence electrons. The maximum absolute atomic E-state index is 9.55. The van der Waals surface area contributed by atoms with E-state index < -0.39 is 0 Å². The van der Waals surface area contributed by atoms with Gasteiger partial charge in [-0.05, 0) is 42.7 Å². The molecule has 2 aliphatic rings. The highest BCUT2D eigenvalue weighted by atomic mass is 127. The maximum atomic E-state index is 9.55. The minimum absolute atomic E-state index is 0. The van der Waals surface area contributed by atoms with E-state index in [1.54, 1.807) is 0 Å². The van der Waals surface area contributed by atoms with Crippen LogP contribution in [-0.4, -0.2) is 62.0 Å². The molecule has 0 unspecified atom stereocenters. The van der Waals surface area contributed by atoms with Crippen LogP contribution in [0.2, 0.25) is 0 Å². The predicted molar refractivity (Wildman–Crippen MR) is 138 cm³/mol. The van der Waals surface area contributed by atoms with E-state index in [9.17, 15) is 5.11 Å². The van der Waals surface area contributed by atoms with Gasteiger partial charge in [-0.25, -0.2) is 4.99 Å². The third-order valence-electron chi connectivity index (χ3n) is 6.48. The SMILES string of the molecule is CCNC(=NCc1ccc(CN2CCOCC2)cc1)NCC1(CCO)CCCCC1.I. The second-order valence-corrected chi connectivity index (χ2v) is 8.79. The van der Waals surface area contributed by atoms with Crippen molar-refractivity contribution in [2.75, 3.05) is 46.0 Å². The Kier molecular flexibility index (Phi) is 12.1. The van der Waals surface area contributed by atoms with Crippen LogP contribution in [0.4, 0.5) is 0 Å². The van der Waals surface area contributed by atoms with Crippen LogP contribution in [0.1, 0.15) is 56.6 Å². The quantitative estimate of drug-likeness (QED) is 0.252. The highest BCUT2D eigenvalue weighted by molar-refractivity contribution is 14.0. The number of ether oxygens (including phenoxy) is 1. The van der Waals surface area contributed by atoms with Crippen LogP contribution in [0.3, 0.4) is 0 Å². The Morgan fingerprint density at radius 2 is 1.74 bits per heavy atom. The smallest absolute Gasteiger partial charge is 0.191 e. The minimum atomic E-state index is 0. The van der Waals surface area contributed by atoms with E-state index in [4.69, 9.17) is 9.73 Å². The van der Waals surface area contributed by atoms with Gasteiger partial charge < -0.3 is 20.5 Å². The van der Waals surface area contributed by atoms with Crippen molar-refractivity contribution < 1.29 is 9.84 Å². The number of nitrogens with zero attached hydrogens (tertiary/aromatic N) is 2. The van der Waals surface area contributed by atoms with Crippen molar-refractivity contribution in [2.24, 2.45) is 10.4 Å². The van der Waals surface area contributed by atoms with Gasteiger partial charge in [0.1, 0.15) is 0 Å². The first kappa shape index (κ1) is 26.4. The number of hydrogen-bond acceptors (Lipinski definition) is 4. The Morgan fingerprint density at radius 3 is 2.39 bits per heavy atom. The number of aliphatic hydroxyl groups is 1. The molecule has 31 heavy (non-hydrogen) atoms. The van der Waals surface area contributed by atoms with Gasteiger partial charge in [-0.15, -0.1) is 24.0 Å². The third kappa shape index (κ3) is 8.86. The molecule has 7 heteroatoms. The zero-order chi connectivity index (χ0) is 21.1. The maximum Gasteiger partial charge on any atom is 0.191 e. The van der Waals surface area contributed by atoms with Gasteiger partial charge in [0.15, 0.2) is 5.96 Å². The van der Waals surface area contributed by atoms with Crippen molar-refractivity contribution in [1.29, 1.82) is 0 Å². The number of nitrogens with one attached hydrogen (secondary N) is 2. The van der Waals surface area contributed by atoms with Gasteiger partial charge in [0.05, 0.1) is 19.8 Å². The highest BCUT2D eigenvalue weighted by Gasteiger charge is 2.31. The number of morpholine rings is 1. The Balaban J connectivity index is 0.00000341. The fourth-order valence-electron chi connectivity index (χ4n) is 4.60. The fraction of sp³-hybridized carbons (Fsp3) is 0.708. The molecule has 0 spiro atoms. The molecule has 0 aromatic heterocycles. The van der Waals surface area contributed by atoms with E-state index in [0.717, 1.165) is 58.3 Å². The second-order valence-electron chi connectivity index (χ2n) is 8.79. The topological polar surface area (TPSA) is 69.1 Å². The lowest BCUT2D eigenvalue weighted by atomic mass is 9.72. The third-order valence-corrected chi connectivity index (χ3v) is 6.48. The van der Waals surface area contributed by atoms with E-state index >= 15 is 0 Å². The first-order valence-electron chi connectivity index (χ1n) is 11.7. The van der Waals surface area contributed by atoms with Crippen molar-refractivity contribution in [1.82, 2.24) is 15.5 Å². The van der Waals surface area contributed by atoms with Crippen molar-refractivity contribution in [3.05, 3.63) is 35.4 Å². The molecular weight excluding hydrogens is 503 g/mol. The number of aliphatic hydroxyl groups excluding tert-OH is 1. The standard InChI is InChI=1S/C24H40N4O2.HI/c1-2-25-23(27-20-24(12-15-29)10-4-3-5-11-24)26-18-21-6-8-22(9-7-21)19-28-13-16-30-17-14-28;/h6-9,29H,2-5,10-20H2,1H3,(H2,25,26,27);1H. The van der Waals surface area contributed by atoms with E-state index in [1.165, 1.54) is 43.2 Å². The van der Waals surface area contributed by atoms with Crippen LogP contribution < -0.4 is 10.6 Å². The molecule has 1 aliphatic carbocycles. The van der Waals surface area contributed by atoms with Gasteiger partial charge in [0.2, 0.25) is 0 Å². The summed E-state index contributed by atoms with van der Waals surface area (Å²) >= 11 is 0. The van der Waals surface area contributed by atoms with Crippen LogP contribution in [0, 0.1) is 5.41 Å². The van der Waals surface area contributed by atoms with Gasteiger partial charge >= 0.3 is 0 Å². The Hall–Kier alpha value is -0.900. The van der Waals surface area contributed by atoms with Crippen molar-refractivity contribution in [2.45, 2.75) is 58.5 Å². The van der Waals surface area contributed by atoms with Crippen LogP contribution in [0.15, 0.2) is 29.3 Å². The molecule has 3 N–H and O–H groups in total. The predicted octanol–water partition coefficient (Wildman–Crippen LogP) is 3.52. The molecule has 6 nitrogen and oxygen atoms in total. The monoisotopic (exact) mass is 544 g/mol. The lowest BCUT2D eigenvalue weighted by molar-refractivity contribution is 0.0342. The van der Waals surface area contributed by atoms with Crippen molar-refractivity contribution in [3.63, 3.8) is 0 Å². The Morgan fingerprint density at radius 1 is 1.06 bits per heavy atom. The molecule has 3 rings (SSSR count). The summed E-state index contributed by atoms with van der Waals surface area (Å²) in [5, 5.41) is 16.5. The zero-order valence-electron chi connectivity index (χ0n) is 19.1. The summed E-state index contributed by atoms with van der Waals surface area (Å²) in [7, 11) is 0. The van der Waals surface area contributed by atoms with Crippen LogP contribution >= 0.6 is 24.0 Å². The molecule has 0 bridgehead atoms. The average Bonchev–Trinajstić information content (AvgIpc) is 2.78. The van der Waals surface area contributed by atoms with Crippen LogP contribution in [0.5, 0.6) is 0 Å². The summed E-state index contributed by atoms with van der Waals surface area (Å²) in [5.41, 5.74) is 2.78. The lowest BCUT2D eigenvalue weighted by Crippen LogP contribution is -2.44. The molecule has 1 aliphatic heterocycles. The summed E-state index contributed by atoms with van der Waals surface area (Å²) in [6, 6.07) is 8.83. The summed E-state index contributed by atoms with van der Waals surface area (Å²) in [6.07, 6.45) is 7.14. The molecule has 1 saturated carbocycles. The fourth-order valence-corrected chi connectivity index (χ4v) is 4.60. The number of halogens is 1. The van der Waals surface area contributed by atoms with E-state index in [0.29, 0.717) is 6.54 Å². The molecule has 0 radical (unpaired) electrons. The van der Waals surface area contributed by atoms with Gasteiger partial charge in [-0.1, -0.05) is 43.5 Å². The minimum Gasteiger partial charge on any atom is -0.396 e. The molecule has 1 aromatic carbocycles. The van der Waals surface area contributed by atoms with E-state index in [1.807, 2.05) is 0 Å². The number of hydrogen-bond donors (Lipinski definition) is 3. The van der Waals surface area contributed by atoms with Gasteiger partial charge in [0, 0.05) is 39.3 Å². The summed E-state index contributed by atoms with van der Waals surface area (Å²) in [6.45, 7) is 9.47. The summed E-state index contributed by atoms with van der Waals surface area (Å²) < 4.78 is 5.43.